The zero-order valence-electron chi connectivity index (χ0n) is 12.0. The van der Waals surface area contributed by atoms with Gasteiger partial charge < -0.3 is 14.8 Å². The van der Waals surface area contributed by atoms with Gasteiger partial charge in [-0.2, -0.15) is 0 Å². The number of anilines is 1. The smallest absolute Gasteiger partial charge is 0.161 e. The van der Waals surface area contributed by atoms with E-state index in [2.05, 4.69) is 15.3 Å². The fraction of sp³-hybridized carbons (Fsp3) is 0.333. The van der Waals surface area contributed by atoms with Crippen molar-refractivity contribution in [2.75, 3.05) is 26.1 Å². The minimum Gasteiger partial charge on any atom is -0.493 e. The lowest BCUT2D eigenvalue weighted by molar-refractivity contribution is 0.354. The highest BCUT2D eigenvalue weighted by atomic mass is 16.5. The van der Waals surface area contributed by atoms with E-state index in [0.717, 1.165) is 29.5 Å². The lowest BCUT2D eigenvalue weighted by Crippen LogP contribution is -2.03. The van der Waals surface area contributed by atoms with E-state index in [4.69, 9.17) is 9.47 Å². The van der Waals surface area contributed by atoms with Crippen molar-refractivity contribution in [3.8, 4) is 11.5 Å². The summed E-state index contributed by atoms with van der Waals surface area (Å²) in [5, 5.41) is 3.18. The maximum Gasteiger partial charge on any atom is 0.161 e. The summed E-state index contributed by atoms with van der Waals surface area (Å²) in [5.41, 5.74) is 1.08. The molecule has 0 bridgehead atoms. The Balaban J connectivity index is 2.19. The number of nitrogens with zero attached hydrogens (tertiary/aromatic N) is 2. The van der Waals surface area contributed by atoms with E-state index >= 15 is 0 Å². The highest BCUT2D eigenvalue weighted by Gasteiger charge is 2.06. The van der Waals surface area contributed by atoms with Gasteiger partial charge in [-0.1, -0.05) is 6.07 Å². The highest BCUT2D eigenvalue weighted by molar-refractivity contribution is 5.43. The average molecular weight is 273 g/mol. The molecule has 0 fully saturated rings. The molecule has 2 rings (SSSR count). The fourth-order valence-electron chi connectivity index (χ4n) is 1.94. The molecule has 0 saturated carbocycles. The summed E-state index contributed by atoms with van der Waals surface area (Å²) in [7, 11) is 3.25. The molecule has 0 spiro atoms. The average Bonchev–Trinajstić information content (AvgIpc) is 2.48. The minimum atomic E-state index is 0.652. The molecule has 2 aromatic rings. The molecule has 0 radical (unpaired) electrons. The molecule has 0 saturated heterocycles. The van der Waals surface area contributed by atoms with Gasteiger partial charge in [-0.05, 0) is 30.7 Å². The predicted octanol–water partition coefficient (Wildman–Crippen LogP) is 2.52. The van der Waals surface area contributed by atoms with Crippen LogP contribution in [0, 0.1) is 0 Å². The van der Waals surface area contributed by atoms with Crippen molar-refractivity contribution in [1.29, 1.82) is 0 Å². The second-order valence-corrected chi connectivity index (χ2v) is 4.25. The summed E-state index contributed by atoms with van der Waals surface area (Å²) < 4.78 is 10.5. The van der Waals surface area contributed by atoms with Crippen molar-refractivity contribution in [1.82, 2.24) is 9.97 Å². The zero-order valence-corrected chi connectivity index (χ0v) is 12.0. The van der Waals surface area contributed by atoms with Gasteiger partial charge in [0.1, 0.15) is 11.6 Å². The minimum absolute atomic E-state index is 0.652. The van der Waals surface area contributed by atoms with Crippen molar-refractivity contribution < 1.29 is 9.47 Å². The predicted molar refractivity (Wildman–Crippen MR) is 78.5 cm³/mol. The van der Waals surface area contributed by atoms with Gasteiger partial charge in [0.15, 0.2) is 11.5 Å². The van der Waals surface area contributed by atoms with Crippen LogP contribution in [-0.4, -0.2) is 30.7 Å². The van der Waals surface area contributed by atoms with E-state index in [1.165, 1.54) is 0 Å². The largest absolute Gasteiger partial charge is 0.493 e. The molecule has 0 amide bonds. The van der Waals surface area contributed by atoms with Crippen LogP contribution in [0.3, 0.4) is 0 Å². The standard InChI is InChI=1S/C15H19N3O2/c1-4-16-14-7-8-17-15(18-14)10-11-5-6-12(19-2)13(9-11)20-3/h5-9H,4,10H2,1-3H3,(H,16,17,18). The van der Waals surface area contributed by atoms with Crippen molar-refractivity contribution in [3.63, 3.8) is 0 Å². The first-order chi connectivity index (χ1) is 9.76. The zero-order chi connectivity index (χ0) is 14.4. The van der Waals surface area contributed by atoms with Crippen LogP contribution in [0.1, 0.15) is 18.3 Å². The Kier molecular flexibility index (Phi) is 4.76. The van der Waals surface area contributed by atoms with Crippen LogP contribution < -0.4 is 14.8 Å². The molecule has 5 nitrogen and oxygen atoms in total. The third kappa shape index (κ3) is 3.38. The Hall–Kier alpha value is -2.30. The molecule has 1 N–H and O–H groups in total. The molecule has 106 valence electrons. The fourth-order valence-corrected chi connectivity index (χ4v) is 1.94. The number of ether oxygens (including phenoxy) is 2. The first-order valence-corrected chi connectivity index (χ1v) is 6.53. The third-order valence-corrected chi connectivity index (χ3v) is 2.87. The van der Waals surface area contributed by atoms with Crippen LogP contribution in [-0.2, 0) is 6.42 Å². The molecule has 20 heavy (non-hydrogen) atoms. The van der Waals surface area contributed by atoms with Crippen LogP contribution in [0.15, 0.2) is 30.5 Å². The number of rotatable bonds is 6. The van der Waals surface area contributed by atoms with Crippen LogP contribution in [0.2, 0.25) is 0 Å². The molecule has 0 aliphatic heterocycles. The molecule has 1 aromatic carbocycles. The van der Waals surface area contributed by atoms with E-state index in [1.807, 2.05) is 31.2 Å². The Morgan fingerprint density at radius 2 is 1.90 bits per heavy atom. The quantitative estimate of drug-likeness (QED) is 0.876. The molecule has 1 aromatic heterocycles. The van der Waals surface area contributed by atoms with Gasteiger partial charge in [-0.15, -0.1) is 0 Å². The van der Waals surface area contributed by atoms with Crippen molar-refractivity contribution in [2.45, 2.75) is 13.3 Å². The summed E-state index contributed by atoms with van der Waals surface area (Å²) in [6.07, 6.45) is 2.42. The van der Waals surface area contributed by atoms with Gasteiger partial charge >= 0.3 is 0 Å². The Morgan fingerprint density at radius 3 is 2.60 bits per heavy atom. The lowest BCUT2D eigenvalue weighted by atomic mass is 10.1. The summed E-state index contributed by atoms with van der Waals surface area (Å²) in [6.45, 7) is 2.88. The maximum absolute atomic E-state index is 5.30. The maximum atomic E-state index is 5.30. The van der Waals surface area contributed by atoms with Gasteiger partial charge in [0.25, 0.3) is 0 Å². The van der Waals surface area contributed by atoms with Gasteiger partial charge in [0.2, 0.25) is 0 Å². The first-order valence-electron chi connectivity index (χ1n) is 6.53. The van der Waals surface area contributed by atoms with E-state index in [9.17, 15) is 0 Å². The van der Waals surface area contributed by atoms with Crippen LogP contribution in [0.25, 0.3) is 0 Å². The summed E-state index contributed by atoms with van der Waals surface area (Å²) in [4.78, 5) is 8.75. The second-order valence-electron chi connectivity index (χ2n) is 4.25. The summed E-state index contributed by atoms with van der Waals surface area (Å²) >= 11 is 0. The van der Waals surface area contributed by atoms with Crippen LogP contribution >= 0.6 is 0 Å². The van der Waals surface area contributed by atoms with Crippen LogP contribution in [0.5, 0.6) is 11.5 Å². The molecular weight excluding hydrogens is 254 g/mol. The number of hydrogen-bond donors (Lipinski definition) is 1. The molecule has 5 heteroatoms. The number of nitrogens with one attached hydrogen (secondary N) is 1. The van der Waals surface area contributed by atoms with Gasteiger partial charge in [-0.25, -0.2) is 9.97 Å². The van der Waals surface area contributed by atoms with Crippen molar-refractivity contribution in [2.24, 2.45) is 0 Å². The monoisotopic (exact) mass is 273 g/mol. The molecule has 1 heterocycles. The SMILES string of the molecule is CCNc1ccnc(Cc2ccc(OC)c(OC)c2)n1. The number of methoxy groups -OCH3 is 2. The van der Waals surface area contributed by atoms with Gasteiger partial charge in [0.05, 0.1) is 14.2 Å². The van der Waals surface area contributed by atoms with Crippen LogP contribution in [0.4, 0.5) is 5.82 Å². The first kappa shape index (κ1) is 14.1. The second kappa shape index (κ2) is 6.75. The number of aromatic nitrogens is 2. The highest BCUT2D eigenvalue weighted by Crippen LogP contribution is 2.28. The molecular formula is C15H19N3O2. The van der Waals surface area contributed by atoms with E-state index in [0.29, 0.717) is 12.2 Å². The third-order valence-electron chi connectivity index (χ3n) is 2.87. The summed E-state index contributed by atoms with van der Waals surface area (Å²) in [5.74, 6) is 3.06. The van der Waals surface area contributed by atoms with Crippen molar-refractivity contribution in [3.05, 3.63) is 41.9 Å². The topological polar surface area (TPSA) is 56.3 Å². The van der Waals surface area contributed by atoms with Crippen molar-refractivity contribution >= 4 is 5.82 Å². The van der Waals surface area contributed by atoms with Gasteiger partial charge in [0, 0.05) is 19.2 Å². The molecule has 0 aliphatic carbocycles. The molecule has 0 unspecified atom stereocenters. The summed E-state index contributed by atoms with van der Waals surface area (Å²) in [6, 6.07) is 7.69. The Labute approximate surface area is 119 Å². The Bertz CT molecular complexity index is 573. The van der Waals surface area contributed by atoms with E-state index in [-0.39, 0.29) is 0 Å². The van der Waals surface area contributed by atoms with E-state index in [1.54, 1.807) is 20.4 Å². The number of benzene rings is 1. The normalized spacial score (nSPS) is 10.2. The molecule has 0 aliphatic rings. The Morgan fingerprint density at radius 1 is 1.10 bits per heavy atom. The number of hydrogen-bond acceptors (Lipinski definition) is 5. The van der Waals surface area contributed by atoms with E-state index < -0.39 is 0 Å². The molecule has 0 atom stereocenters. The lowest BCUT2D eigenvalue weighted by Gasteiger charge is -2.09. The van der Waals surface area contributed by atoms with Gasteiger partial charge in [-0.3, -0.25) is 0 Å².